The minimum absolute atomic E-state index is 0.0415. The fraction of sp³-hybridized carbons (Fsp3) is 0.276. The summed E-state index contributed by atoms with van der Waals surface area (Å²) in [4.78, 5) is 12.9. The molecule has 3 aromatic rings. The van der Waals surface area contributed by atoms with Crippen molar-refractivity contribution in [2.45, 2.75) is 43.9 Å². The molecular formula is C29H30INO5S. The van der Waals surface area contributed by atoms with Gasteiger partial charge in [-0.15, -0.1) is 0 Å². The zero-order chi connectivity index (χ0) is 26.0. The Morgan fingerprint density at radius 2 is 1.65 bits per heavy atom. The first-order valence-electron chi connectivity index (χ1n) is 12.4. The number of carbonyl (C=O) groups excluding carboxylic acids is 1. The summed E-state index contributed by atoms with van der Waals surface area (Å²) in [6, 6.07) is 21.5. The molecule has 0 N–H and O–H groups in total. The Morgan fingerprint density at radius 1 is 0.973 bits per heavy atom. The van der Waals surface area contributed by atoms with Gasteiger partial charge in [-0.05, 0) is 0 Å². The molecule has 0 radical (unpaired) electrons. The van der Waals surface area contributed by atoms with E-state index in [9.17, 15) is 13.2 Å². The van der Waals surface area contributed by atoms with Crippen LogP contribution >= 0.6 is 20.2 Å². The average Bonchev–Trinajstić information content (AvgIpc) is 3.24. The Bertz CT molecular complexity index is 1410. The van der Waals surface area contributed by atoms with Crippen molar-refractivity contribution < 1.29 is 21.0 Å². The van der Waals surface area contributed by atoms with Crippen LogP contribution in [0, 0.1) is 16.4 Å². The molecule has 5 rings (SSSR count). The van der Waals surface area contributed by atoms with Crippen LogP contribution in [0.3, 0.4) is 0 Å². The molecule has 3 aromatic carbocycles. The fourth-order valence-corrected chi connectivity index (χ4v) is 10.8. The van der Waals surface area contributed by atoms with Gasteiger partial charge >= 0.3 is 227 Å². The van der Waals surface area contributed by atoms with Crippen LogP contribution in [0.1, 0.15) is 48.0 Å². The molecule has 37 heavy (non-hydrogen) atoms. The van der Waals surface area contributed by atoms with Crippen molar-refractivity contribution in [2.24, 2.45) is 5.92 Å². The number of rotatable bonds is 7. The number of carbonyl (C=O) groups is 1. The van der Waals surface area contributed by atoms with E-state index in [-0.39, 0.29) is 16.8 Å². The number of methoxy groups -OCH3 is 1. The first-order chi connectivity index (χ1) is 17.9. The van der Waals surface area contributed by atoms with Gasteiger partial charge in [0.15, 0.2) is 0 Å². The Morgan fingerprint density at radius 3 is 2.32 bits per heavy atom. The van der Waals surface area contributed by atoms with Gasteiger partial charge in [-0.2, -0.15) is 0 Å². The summed E-state index contributed by atoms with van der Waals surface area (Å²) in [5, 5.41) is 0. The van der Waals surface area contributed by atoms with Crippen molar-refractivity contribution in [2.75, 3.05) is 11.4 Å². The average molecular weight is 632 g/mol. The summed E-state index contributed by atoms with van der Waals surface area (Å²) in [6.07, 6.45) is 4.99. The summed E-state index contributed by atoms with van der Waals surface area (Å²) in [5.74, 6) is 0.367. The van der Waals surface area contributed by atoms with Gasteiger partial charge in [0.1, 0.15) is 0 Å². The molecule has 1 aliphatic heterocycles. The molecule has 0 saturated heterocycles. The molecule has 8 heteroatoms. The second-order valence-corrected chi connectivity index (χ2v) is 14.9. The van der Waals surface area contributed by atoms with Crippen molar-refractivity contribution >= 4 is 41.9 Å². The molecule has 0 bridgehead atoms. The Kier molecular flexibility index (Phi) is 7.57. The number of hydrogen-bond acceptors (Lipinski definition) is 5. The van der Waals surface area contributed by atoms with Gasteiger partial charge in [0.25, 0.3) is 0 Å². The number of anilines is 1. The van der Waals surface area contributed by atoms with Crippen molar-refractivity contribution in [3.63, 3.8) is 0 Å². The quantitative estimate of drug-likeness (QED) is 0.261. The van der Waals surface area contributed by atoms with Gasteiger partial charge in [-0.1, -0.05) is 0 Å². The Hall–Kier alpha value is -2.85. The summed E-state index contributed by atoms with van der Waals surface area (Å²) in [7, 11) is -2.38. The number of allylic oxidation sites excluding steroid dienone is 1. The van der Waals surface area contributed by atoms with Crippen LogP contribution in [0.15, 0.2) is 87.5 Å². The maximum absolute atomic E-state index is 14.3. The van der Waals surface area contributed by atoms with Crippen molar-refractivity contribution in [1.29, 1.82) is 0 Å². The predicted molar refractivity (Wildman–Crippen MR) is 153 cm³/mol. The van der Waals surface area contributed by atoms with Crippen LogP contribution in [-0.2, 0) is 13.1 Å². The van der Waals surface area contributed by atoms with E-state index >= 15 is 0 Å². The summed E-state index contributed by atoms with van der Waals surface area (Å²) < 4.78 is 44.3. The van der Waals surface area contributed by atoms with Gasteiger partial charge < -0.3 is 0 Å². The number of sulfonamides is 1. The first-order valence-corrected chi connectivity index (χ1v) is 17.0. The van der Waals surface area contributed by atoms with Crippen molar-refractivity contribution in [3.8, 4) is 5.75 Å². The second kappa shape index (κ2) is 10.9. The van der Waals surface area contributed by atoms with Gasteiger partial charge in [0, 0.05) is 0 Å². The van der Waals surface area contributed by atoms with Crippen molar-refractivity contribution in [3.05, 3.63) is 97.3 Å². The van der Waals surface area contributed by atoms with E-state index in [0.717, 1.165) is 41.2 Å². The van der Waals surface area contributed by atoms with Crippen LogP contribution in [0.5, 0.6) is 5.75 Å². The maximum atomic E-state index is 14.3. The molecule has 6 nitrogen and oxygen atoms in total. The number of ether oxygens (including phenoxy) is 1. The molecular weight excluding hydrogens is 601 g/mol. The summed E-state index contributed by atoms with van der Waals surface area (Å²) >= 11 is -2.60. The van der Waals surface area contributed by atoms with Crippen LogP contribution in [-0.4, -0.2) is 21.5 Å². The molecule has 194 valence electrons. The molecule has 0 unspecified atom stereocenters. The molecule has 2 aliphatic rings. The Balaban J connectivity index is 1.69. The number of aryl methyl sites for hydroxylation is 1. The zero-order valence-corrected chi connectivity index (χ0v) is 23.9. The second-order valence-electron chi connectivity index (χ2n) is 9.27. The summed E-state index contributed by atoms with van der Waals surface area (Å²) in [6.45, 7) is 1.93. The van der Waals surface area contributed by atoms with Gasteiger partial charge in [0.05, 0.1) is 0 Å². The topological polar surface area (TPSA) is 72.9 Å². The first kappa shape index (κ1) is 25.8. The van der Waals surface area contributed by atoms with E-state index in [4.69, 9.17) is 7.80 Å². The number of halogens is 1. The van der Waals surface area contributed by atoms with Gasteiger partial charge in [0.2, 0.25) is 0 Å². The number of fused-ring (bicyclic) bond motifs is 1. The fourth-order valence-electron chi connectivity index (χ4n) is 4.79. The number of hydrogen-bond donors (Lipinski definition) is 0. The number of nitrogens with zero attached hydrogens (tertiary/aromatic N) is 1. The third-order valence-corrected chi connectivity index (χ3v) is 12.7. The standard InChI is InChI=1S/C29H30INO5S/c1-21-12-18-25(19-13-21)37(33,34)31(23-14-16-24(35-2)17-15-23)28(22-8-4-3-5-9-22)20-30-27-11-7-6-10-26(27)29(32)36-30/h6-7,10-20,22H,3-5,8-9H2,1-2H3/b28-20-. The van der Waals surface area contributed by atoms with E-state index in [1.165, 1.54) is 4.31 Å². The Labute approximate surface area is 226 Å². The van der Waals surface area contributed by atoms with Gasteiger partial charge in [-0.3, -0.25) is 0 Å². The van der Waals surface area contributed by atoms with Crippen molar-refractivity contribution in [1.82, 2.24) is 0 Å². The molecule has 1 heterocycles. The molecule has 0 spiro atoms. The van der Waals surface area contributed by atoms with Crippen LogP contribution in [0.4, 0.5) is 5.69 Å². The third-order valence-electron chi connectivity index (χ3n) is 6.78. The third kappa shape index (κ3) is 5.27. The molecule has 1 saturated carbocycles. The van der Waals surface area contributed by atoms with Crippen LogP contribution in [0.25, 0.3) is 0 Å². The van der Waals surface area contributed by atoms with E-state index < -0.39 is 30.3 Å². The van der Waals surface area contributed by atoms with E-state index in [0.29, 0.717) is 22.7 Å². The van der Waals surface area contributed by atoms with Gasteiger partial charge in [-0.25, -0.2) is 0 Å². The van der Waals surface area contributed by atoms with Crippen LogP contribution in [0.2, 0.25) is 0 Å². The predicted octanol–water partition coefficient (Wildman–Crippen LogP) is 7.08. The molecule has 0 aromatic heterocycles. The SMILES string of the molecule is COc1ccc(N(/C(=C\I2OC(=O)c3ccccc32)C2CCCCC2)S(=O)(=O)c2ccc(C)cc2)cc1. The molecule has 1 aliphatic carbocycles. The van der Waals surface area contributed by atoms with E-state index in [2.05, 4.69) is 0 Å². The minimum atomic E-state index is -3.96. The van der Waals surface area contributed by atoms with Crippen LogP contribution < -0.4 is 9.04 Å². The van der Waals surface area contributed by atoms with E-state index in [1.807, 2.05) is 41.3 Å². The monoisotopic (exact) mass is 631 g/mol. The normalized spacial score (nSPS) is 17.3. The number of benzene rings is 3. The molecule has 0 amide bonds. The summed E-state index contributed by atoms with van der Waals surface area (Å²) in [5.41, 5.74) is 2.82. The molecule has 0 atom stereocenters. The zero-order valence-electron chi connectivity index (χ0n) is 20.9. The van der Waals surface area contributed by atoms with E-state index in [1.54, 1.807) is 49.6 Å². The molecule has 1 fully saturated rings.